The zero-order chi connectivity index (χ0) is 15.0. The van der Waals surface area contributed by atoms with Crippen molar-refractivity contribution in [2.24, 2.45) is 5.84 Å². The molecule has 0 aliphatic rings. The van der Waals surface area contributed by atoms with Gasteiger partial charge in [0.25, 0.3) is 0 Å². The highest BCUT2D eigenvalue weighted by Gasteiger charge is 2.12. The molecule has 0 aliphatic heterocycles. The number of aryl methyl sites for hydroxylation is 1. The molecule has 108 valence electrons. The summed E-state index contributed by atoms with van der Waals surface area (Å²) in [5, 5.41) is 3.51. The second-order valence-electron chi connectivity index (χ2n) is 4.37. The van der Waals surface area contributed by atoms with Gasteiger partial charge in [-0.05, 0) is 25.1 Å². The van der Waals surface area contributed by atoms with E-state index in [1.165, 1.54) is 11.3 Å². The van der Waals surface area contributed by atoms with Crippen molar-refractivity contribution in [2.75, 3.05) is 10.7 Å². The van der Waals surface area contributed by atoms with Crippen molar-refractivity contribution in [3.8, 4) is 0 Å². The van der Waals surface area contributed by atoms with E-state index in [9.17, 15) is 8.78 Å². The first-order valence-electron chi connectivity index (χ1n) is 6.03. The topological polar surface area (TPSA) is 75.9 Å². The molecule has 8 heteroatoms. The van der Waals surface area contributed by atoms with Gasteiger partial charge in [-0.3, -0.25) is 5.43 Å². The molecule has 5 nitrogen and oxygen atoms in total. The van der Waals surface area contributed by atoms with Crippen LogP contribution in [0.2, 0.25) is 0 Å². The van der Waals surface area contributed by atoms with Crippen molar-refractivity contribution in [1.29, 1.82) is 0 Å². The summed E-state index contributed by atoms with van der Waals surface area (Å²) in [7, 11) is 0. The van der Waals surface area contributed by atoms with Crippen LogP contribution in [0.15, 0.2) is 24.3 Å². The summed E-state index contributed by atoms with van der Waals surface area (Å²) < 4.78 is 27.0. The predicted octanol–water partition coefficient (Wildman–Crippen LogP) is 3.31. The number of halogens is 2. The van der Waals surface area contributed by atoms with Gasteiger partial charge in [-0.25, -0.2) is 19.6 Å². The smallest absolute Gasteiger partial charge is 0.240 e. The number of benzene rings is 1. The van der Waals surface area contributed by atoms with Crippen LogP contribution < -0.4 is 16.6 Å². The molecule has 1 aromatic carbocycles. The highest BCUT2D eigenvalue weighted by Crippen LogP contribution is 2.31. The van der Waals surface area contributed by atoms with Gasteiger partial charge in [0.05, 0.1) is 11.1 Å². The minimum atomic E-state index is -0.572. The van der Waals surface area contributed by atoms with Crippen molar-refractivity contribution in [2.45, 2.75) is 6.92 Å². The van der Waals surface area contributed by atoms with Crippen molar-refractivity contribution >= 4 is 39.0 Å². The van der Waals surface area contributed by atoms with E-state index in [2.05, 4.69) is 20.7 Å². The van der Waals surface area contributed by atoms with E-state index in [4.69, 9.17) is 5.84 Å². The number of aromatic nitrogens is 2. The molecule has 4 N–H and O–H groups in total. The quantitative estimate of drug-likeness (QED) is 0.511. The second kappa shape index (κ2) is 5.23. The Hall–Kier alpha value is -2.32. The van der Waals surface area contributed by atoms with Gasteiger partial charge in [0.1, 0.15) is 22.3 Å². The number of hydrazine groups is 1. The largest absolute Gasteiger partial charge is 0.337 e. The Morgan fingerprint density at radius 1 is 1.19 bits per heavy atom. The minimum Gasteiger partial charge on any atom is -0.337 e. The van der Waals surface area contributed by atoms with Crippen LogP contribution in [0.5, 0.6) is 0 Å². The first kappa shape index (κ1) is 13.7. The lowest BCUT2D eigenvalue weighted by Crippen LogP contribution is -2.11. The average molecular weight is 307 g/mol. The second-order valence-corrected chi connectivity index (χ2v) is 5.60. The van der Waals surface area contributed by atoms with Gasteiger partial charge >= 0.3 is 0 Å². The number of rotatable bonds is 3. The van der Waals surface area contributed by atoms with E-state index in [0.717, 1.165) is 28.5 Å². The summed E-state index contributed by atoms with van der Waals surface area (Å²) in [6.45, 7) is 1.93. The zero-order valence-corrected chi connectivity index (χ0v) is 11.8. The lowest BCUT2D eigenvalue weighted by atomic mass is 10.2. The monoisotopic (exact) mass is 307 g/mol. The van der Waals surface area contributed by atoms with Crippen LogP contribution >= 0.6 is 11.3 Å². The SMILES string of the molecule is Cc1cc2c(Nc3cc(F)ccc3F)nc(NN)nc2s1. The number of nitrogens with one attached hydrogen (secondary N) is 2. The highest BCUT2D eigenvalue weighted by atomic mass is 32.1. The maximum atomic E-state index is 13.7. The first-order valence-corrected chi connectivity index (χ1v) is 6.85. The van der Waals surface area contributed by atoms with Gasteiger partial charge in [-0.15, -0.1) is 11.3 Å². The van der Waals surface area contributed by atoms with E-state index in [1.807, 2.05) is 13.0 Å². The Labute approximate surface area is 122 Å². The summed E-state index contributed by atoms with van der Waals surface area (Å²) in [6, 6.07) is 5.05. The molecule has 0 bridgehead atoms. The number of nitrogen functional groups attached to an aromatic ring is 1. The molecule has 0 amide bonds. The maximum absolute atomic E-state index is 13.7. The van der Waals surface area contributed by atoms with E-state index in [1.54, 1.807) is 0 Å². The molecule has 0 saturated carbocycles. The molecule has 0 unspecified atom stereocenters. The van der Waals surface area contributed by atoms with Crippen LogP contribution in [-0.2, 0) is 0 Å². The Kier molecular flexibility index (Phi) is 3.40. The van der Waals surface area contributed by atoms with Crippen LogP contribution in [0.3, 0.4) is 0 Å². The van der Waals surface area contributed by atoms with E-state index in [-0.39, 0.29) is 11.6 Å². The number of nitrogens with two attached hydrogens (primary N) is 1. The maximum Gasteiger partial charge on any atom is 0.240 e. The summed E-state index contributed by atoms with van der Waals surface area (Å²) in [5.74, 6) is 4.78. The van der Waals surface area contributed by atoms with Crippen LogP contribution in [0, 0.1) is 18.6 Å². The third-order valence-electron chi connectivity index (χ3n) is 2.83. The number of nitrogens with zero attached hydrogens (tertiary/aromatic N) is 2. The number of thiophene rings is 1. The molecule has 0 radical (unpaired) electrons. The van der Waals surface area contributed by atoms with E-state index < -0.39 is 11.6 Å². The lowest BCUT2D eigenvalue weighted by Gasteiger charge is -2.09. The van der Waals surface area contributed by atoms with Crippen LogP contribution in [0.1, 0.15) is 4.88 Å². The number of anilines is 3. The fraction of sp³-hybridized carbons (Fsp3) is 0.0769. The van der Waals surface area contributed by atoms with E-state index in [0.29, 0.717) is 10.6 Å². The standard InChI is InChI=1S/C13H11F2N5S/c1-6-4-8-11(18-13(20-16)19-12(8)21-6)17-10-5-7(14)2-3-9(10)15/h2-5H,16H2,1H3,(H2,17,18,19,20). The van der Waals surface area contributed by atoms with E-state index >= 15 is 0 Å². The Bertz CT molecular complexity index is 818. The minimum absolute atomic E-state index is 0.00169. The van der Waals surface area contributed by atoms with Crippen molar-refractivity contribution < 1.29 is 8.78 Å². The molecule has 21 heavy (non-hydrogen) atoms. The van der Waals surface area contributed by atoms with Gasteiger partial charge in [-0.2, -0.15) is 4.98 Å². The molecule has 0 saturated heterocycles. The lowest BCUT2D eigenvalue weighted by molar-refractivity contribution is 0.603. The first-order chi connectivity index (χ1) is 10.1. The van der Waals surface area contributed by atoms with Crippen molar-refractivity contribution in [3.05, 3.63) is 40.8 Å². The summed E-state index contributed by atoms with van der Waals surface area (Å²) in [6.07, 6.45) is 0. The molecular weight excluding hydrogens is 296 g/mol. The van der Waals surface area contributed by atoms with Crippen LogP contribution in [0.4, 0.5) is 26.2 Å². The number of hydrogen-bond donors (Lipinski definition) is 3. The van der Waals surface area contributed by atoms with Crippen LogP contribution in [-0.4, -0.2) is 9.97 Å². The van der Waals surface area contributed by atoms with Gasteiger partial charge in [0.15, 0.2) is 0 Å². The number of hydrogen-bond acceptors (Lipinski definition) is 6. The molecule has 0 fully saturated rings. The molecule has 3 aromatic rings. The molecular formula is C13H11F2N5S. The molecule has 0 aliphatic carbocycles. The highest BCUT2D eigenvalue weighted by molar-refractivity contribution is 7.18. The molecule has 3 rings (SSSR count). The zero-order valence-electron chi connectivity index (χ0n) is 10.9. The van der Waals surface area contributed by atoms with Gasteiger partial charge in [0, 0.05) is 10.9 Å². The molecule has 2 aromatic heterocycles. The van der Waals surface area contributed by atoms with Gasteiger partial charge in [0.2, 0.25) is 5.95 Å². The third-order valence-corrected chi connectivity index (χ3v) is 3.77. The summed E-state index contributed by atoms with van der Waals surface area (Å²) in [4.78, 5) is 10.1. The summed E-state index contributed by atoms with van der Waals surface area (Å²) in [5.41, 5.74) is 2.36. The van der Waals surface area contributed by atoms with Gasteiger partial charge in [-0.1, -0.05) is 0 Å². The fourth-order valence-electron chi connectivity index (χ4n) is 1.92. The Morgan fingerprint density at radius 2 is 2.00 bits per heavy atom. The normalized spacial score (nSPS) is 10.9. The molecule has 0 spiro atoms. The fourth-order valence-corrected chi connectivity index (χ4v) is 2.80. The third kappa shape index (κ3) is 2.63. The van der Waals surface area contributed by atoms with Crippen molar-refractivity contribution in [1.82, 2.24) is 9.97 Å². The Balaban J connectivity index is 2.12. The van der Waals surface area contributed by atoms with Crippen molar-refractivity contribution in [3.63, 3.8) is 0 Å². The average Bonchev–Trinajstić information content (AvgIpc) is 2.83. The van der Waals surface area contributed by atoms with Crippen LogP contribution in [0.25, 0.3) is 10.2 Å². The Morgan fingerprint density at radius 3 is 2.76 bits per heavy atom. The summed E-state index contributed by atoms with van der Waals surface area (Å²) >= 11 is 1.46. The molecule has 2 heterocycles. The molecule has 0 atom stereocenters. The predicted molar refractivity (Wildman–Crippen MR) is 79.6 cm³/mol. The van der Waals surface area contributed by atoms with Gasteiger partial charge < -0.3 is 5.32 Å². The number of fused-ring (bicyclic) bond motifs is 1.